The highest BCUT2D eigenvalue weighted by atomic mass is 35.5. The second kappa shape index (κ2) is 7.90. The molecule has 5 rings (SSSR count). The summed E-state index contributed by atoms with van der Waals surface area (Å²) in [5, 5.41) is 3.95. The number of rotatable bonds is 5. The number of likely N-dealkylation sites (tertiary alicyclic amines) is 1. The van der Waals surface area contributed by atoms with Crippen molar-refractivity contribution in [3.05, 3.63) is 101 Å². The Labute approximate surface area is 182 Å². The molecule has 0 bridgehead atoms. The van der Waals surface area contributed by atoms with E-state index in [2.05, 4.69) is 40.5 Å². The Hall–Kier alpha value is -2.62. The fourth-order valence-electron chi connectivity index (χ4n) is 5.24. The zero-order chi connectivity index (χ0) is 20.6. The van der Waals surface area contributed by atoms with Crippen LogP contribution in [0.15, 0.2) is 78.9 Å². The van der Waals surface area contributed by atoms with Crippen molar-refractivity contribution < 1.29 is 4.79 Å². The molecule has 0 saturated carbocycles. The van der Waals surface area contributed by atoms with E-state index in [1.54, 1.807) is 0 Å². The summed E-state index contributed by atoms with van der Waals surface area (Å²) in [6.45, 7) is 2.93. The Kier molecular flexibility index (Phi) is 5.10. The van der Waals surface area contributed by atoms with Gasteiger partial charge < -0.3 is 10.2 Å². The second-order valence-electron chi connectivity index (χ2n) is 8.34. The molecule has 152 valence electrons. The topological polar surface area (TPSA) is 32.3 Å². The lowest BCUT2D eigenvalue weighted by atomic mass is 9.66. The summed E-state index contributed by atoms with van der Waals surface area (Å²) in [7, 11) is 0. The first-order chi connectivity index (χ1) is 14.7. The summed E-state index contributed by atoms with van der Waals surface area (Å²) < 4.78 is 0. The fraction of sp³-hybridized carbons (Fsp3) is 0.269. The lowest BCUT2D eigenvalue weighted by molar-refractivity contribution is -0.121. The first-order valence-electron chi connectivity index (χ1n) is 10.6. The Morgan fingerprint density at radius 2 is 1.70 bits per heavy atom. The predicted molar refractivity (Wildman–Crippen MR) is 122 cm³/mol. The summed E-state index contributed by atoms with van der Waals surface area (Å²) >= 11 is 6.01. The van der Waals surface area contributed by atoms with Gasteiger partial charge in [-0.3, -0.25) is 4.79 Å². The zero-order valence-electron chi connectivity index (χ0n) is 16.9. The van der Waals surface area contributed by atoms with E-state index in [0.717, 1.165) is 54.3 Å². The third-order valence-corrected chi connectivity index (χ3v) is 6.95. The van der Waals surface area contributed by atoms with E-state index in [-0.39, 0.29) is 11.8 Å². The maximum Gasteiger partial charge on any atom is 0.239 e. The van der Waals surface area contributed by atoms with Crippen LogP contribution in [0.4, 0.5) is 5.69 Å². The molecule has 0 spiro atoms. The molecular weight excluding hydrogens is 392 g/mol. The van der Waals surface area contributed by atoms with Crippen LogP contribution < -0.4 is 5.32 Å². The molecule has 2 aliphatic heterocycles. The van der Waals surface area contributed by atoms with Crippen LogP contribution in [0, 0.1) is 5.92 Å². The van der Waals surface area contributed by atoms with E-state index in [1.807, 2.05) is 48.5 Å². The number of carbonyl (C=O) groups is 1. The maximum absolute atomic E-state index is 13.5. The smallest absolute Gasteiger partial charge is 0.239 e. The van der Waals surface area contributed by atoms with Crippen LogP contribution in [-0.2, 0) is 16.6 Å². The molecule has 0 radical (unpaired) electrons. The highest BCUT2D eigenvalue weighted by Crippen LogP contribution is 2.50. The minimum Gasteiger partial charge on any atom is -0.325 e. The lowest BCUT2D eigenvalue weighted by Gasteiger charge is -2.34. The minimum absolute atomic E-state index is 0.111. The number of halogens is 1. The monoisotopic (exact) mass is 416 g/mol. The molecule has 4 heteroatoms. The number of benzene rings is 3. The summed E-state index contributed by atoms with van der Waals surface area (Å²) in [5.74, 6) is 0.355. The summed E-state index contributed by atoms with van der Waals surface area (Å²) in [6, 6.07) is 26.6. The van der Waals surface area contributed by atoms with Crippen LogP contribution in [0.1, 0.15) is 23.1 Å². The van der Waals surface area contributed by atoms with Gasteiger partial charge in [-0.1, -0.05) is 72.3 Å². The van der Waals surface area contributed by atoms with Gasteiger partial charge in [0.2, 0.25) is 5.91 Å². The van der Waals surface area contributed by atoms with Crippen molar-refractivity contribution in [2.75, 3.05) is 25.0 Å². The number of nitrogens with one attached hydrogen (secondary N) is 1. The van der Waals surface area contributed by atoms with E-state index in [4.69, 9.17) is 11.6 Å². The van der Waals surface area contributed by atoms with E-state index in [0.29, 0.717) is 0 Å². The number of amides is 1. The Bertz CT molecular complexity index is 1050. The first-order valence-corrected chi connectivity index (χ1v) is 11.0. The van der Waals surface area contributed by atoms with Crippen LogP contribution in [0.3, 0.4) is 0 Å². The molecule has 3 nitrogen and oxygen atoms in total. The third-order valence-electron chi connectivity index (χ3n) is 6.70. The number of hydrogen-bond donors (Lipinski definition) is 1. The fourth-order valence-corrected chi connectivity index (χ4v) is 5.36. The number of para-hydroxylation sites is 1. The molecule has 1 amide bonds. The number of anilines is 1. The van der Waals surface area contributed by atoms with Crippen LogP contribution in [-0.4, -0.2) is 30.4 Å². The molecular formula is C26H25ClN2O. The molecule has 2 heterocycles. The molecule has 2 atom stereocenters. The van der Waals surface area contributed by atoms with Gasteiger partial charge in [0, 0.05) is 23.8 Å². The molecule has 0 aliphatic carbocycles. The Balaban J connectivity index is 1.43. The SMILES string of the molecule is O=C1Nc2ccccc2C1(c1ccccc1)[C@@H]1CCN(CCc2ccc(Cl)cc2)C1. The van der Waals surface area contributed by atoms with Gasteiger partial charge in [0.05, 0.1) is 0 Å². The number of fused-ring (bicyclic) bond motifs is 1. The molecule has 3 aromatic rings. The van der Waals surface area contributed by atoms with E-state index in [1.165, 1.54) is 5.56 Å². The predicted octanol–water partition coefficient (Wildman–Crippen LogP) is 5.14. The van der Waals surface area contributed by atoms with Crippen molar-refractivity contribution in [2.45, 2.75) is 18.3 Å². The molecule has 1 fully saturated rings. The van der Waals surface area contributed by atoms with Crippen LogP contribution >= 0.6 is 11.6 Å². The van der Waals surface area contributed by atoms with E-state index < -0.39 is 5.41 Å². The minimum atomic E-state index is -0.618. The number of carbonyl (C=O) groups excluding carboxylic acids is 1. The van der Waals surface area contributed by atoms with Gasteiger partial charge in [-0.15, -0.1) is 0 Å². The van der Waals surface area contributed by atoms with E-state index >= 15 is 0 Å². The van der Waals surface area contributed by atoms with Gasteiger partial charge in [-0.2, -0.15) is 0 Å². The zero-order valence-corrected chi connectivity index (χ0v) is 17.6. The average Bonchev–Trinajstić information content (AvgIpc) is 3.36. The Morgan fingerprint density at radius 1 is 0.967 bits per heavy atom. The van der Waals surface area contributed by atoms with Gasteiger partial charge in [-0.25, -0.2) is 0 Å². The Morgan fingerprint density at radius 3 is 2.50 bits per heavy atom. The first kappa shape index (κ1) is 19.3. The molecule has 1 unspecified atom stereocenters. The molecule has 0 aromatic heterocycles. The van der Waals surface area contributed by atoms with E-state index in [9.17, 15) is 4.79 Å². The summed E-state index contributed by atoms with van der Waals surface area (Å²) in [4.78, 5) is 16.0. The van der Waals surface area contributed by atoms with Gasteiger partial charge in [0.1, 0.15) is 5.41 Å². The van der Waals surface area contributed by atoms with Crippen LogP contribution in [0.25, 0.3) is 0 Å². The highest BCUT2D eigenvalue weighted by Gasteiger charge is 2.54. The average molecular weight is 417 g/mol. The molecule has 30 heavy (non-hydrogen) atoms. The third kappa shape index (κ3) is 3.23. The van der Waals surface area contributed by atoms with Crippen molar-refractivity contribution in [2.24, 2.45) is 5.92 Å². The largest absolute Gasteiger partial charge is 0.325 e. The van der Waals surface area contributed by atoms with Gasteiger partial charge >= 0.3 is 0 Å². The lowest BCUT2D eigenvalue weighted by Crippen LogP contribution is -2.44. The van der Waals surface area contributed by atoms with Crippen LogP contribution in [0.2, 0.25) is 5.02 Å². The quantitative estimate of drug-likeness (QED) is 0.624. The molecule has 1 saturated heterocycles. The molecule has 3 aromatic carbocycles. The molecule has 2 aliphatic rings. The van der Waals surface area contributed by atoms with Crippen molar-refractivity contribution in [3.63, 3.8) is 0 Å². The molecule has 1 N–H and O–H groups in total. The van der Waals surface area contributed by atoms with Crippen molar-refractivity contribution in [1.29, 1.82) is 0 Å². The van der Waals surface area contributed by atoms with Crippen LogP contribution in [0.5, 0.6) is 0 Å². The van der Waals surface area contributed by atoms with Crippen molar-refractivity contribution in [1.82, 2.24) is 4.90 Å². The van der Waals surface area contributed by atoms with Gasteiger partial charge in [-0.05, 0) is 60.2 Å². The number of nitrogens with zero attached hydrogens (tertiary/aromatic N) is 1. The van der Waals surface area contributed by atoms with Gasteiger partial charge in [0.15, 0.2) is 0 Å². The highest BCUT2D eigenvalue weighted by molar-refractivity contribution is 6.30. The standard InChI is InChI=1S/C26H25ClN2O/c27-22-12-10-19(11-13-22)14-16-29-17-15-21(18-29)26(20-6-2-1-3-7-20)23-8-4-5-9-24(23)28-25(26)30/h1-13,21H,14-18H2,(H,28,30)/t21-,26?/m1/s1. The van der Waals surface area contributed by atoms with Crippen molar-refractivity contribution >= 4 is 23.2 Å². The number of hydrogen-bond acceptors (Lipinski definition) is 2. The second-order valence-corrected chi connectivity index (χ2v) is 8.77. The summed E-state index contributed by atoms with van der Waals surface area (Å²) in [5.41, 5.74) is 3.84. The maximum atomic E-state index is 13.5. The summed E-state index contributed by atoms with van der Waals surface area (Å²) in [6.07, 6.45) is 2.00. The van der Waals surface area contributed by atoms with Gasteiger partial charge in [0.25, 0.3) is 0 Å². The van der Waals surface area contributed by atoms with Crippen molar-refractivity contribution in [3.8, 4) is 0 Å². The normalized spacial score (nSPS) is 23.4.